The third-order valence-corrected chi connectivity index (χ3v) is 4.27. The largest absolute Gasteiger partial charge is 0.469 e. The highest BCUT2D eigenvalue weighted by Crippen LogP contribution is 2.13. The van der Waals surface area contributed by atoms with Gasteiger partial charge in [-0.1, -0.05) is 83.5 Å². The van der Waals surface area contributed by atoms with Crippen LogP contribution in [-0.2, 0) is 9.53 Å². The van der Waals surface area contributed by atoms with Crippen molar-refractivity contribution in [1.82, 2.24) is 0 Å². The molecule has 0 aliphatic heterocycles. The number of aliphatic hydroxyl groups is 1. The van der Waals surface area contributed by atoms with Crippen LogP contribution in [0.1, 0.15) is 103 Å². The van der Waals surface area contributed by atoms with Crippen molar-refractivity contribution in [3.63, 3.8) is 0 Å². The van der Waals surface area contributed by atoms with E-state index in [4.69, 9.17) is 5.11 Å². The molecule has 0 spiro atoms. The van der Waals surface area contributed by atoms with E-state index in [-0.39, 0.29) is 16.9 Å². The van der Waals surface area contributed by atoms with Crippen LogP contribution in [0.15, 0.2) is 0 Å². The summed E-state index contributed by atoms with van der Waals surface area (Å²) >= 11 is 0. The Morgan fingerprint density at radius 3 is 1.21 bits per heavy atom. The summed E-state index contributed by atoms with van der Waals surface area (Å²) in [6.45, 7) is 0.352. The van der Waals surface area contributed by atoms with Crippen molar-refractivity contribution in [2.75, 3.05) is 13.7 Å². The summed E-state index contributed by atoms with van der Waals surface area (Å²) < 4.78 is 4.63. The van der Waals surface area contributed by atoms with Crippen LogP contribution in [0.2, 0.25) is 0 Å². The van der Waals surface area contributed by atoms with E-state index in [0.717, 1.165) is 19.3 Å². The highest BCUT2D eigenvalue weighted by atomic mass is 16.5. The summed E-state index contributed by atoms with van der Waals surface area (Å²) in [4.78, 5) is 10.9. The van der Waals surface area contributed by atoms with Crippen LogP contribution >= 0.6 is 0 Å². The average Bonchev–Trinajstić information content (AvgIpc) is 2.54. The zero-order chi connectivity index (χ0) is 16.3. The van der Waals surface area contributed by atoms with Crippen LogP contribution in [0, 0.1) is 0 Å². The van der Waals surface area contributed by atoms with E-state index in [1.807, 2.05) is 0 Å². The minimum Gasteiger partial charge on any atom is -0.469 e. The molecule has 0 unspecified atom stereocenters. The van der Waals surface area contributed by atoms with Crippen molar-refractivity contribution >= 4 is 5.97 Å². The van der Waals surface area contributed by atoms with Gasteiger partial charge < -0.3 is 20.8 Å². The molecule has 0 amide bonds. The minimum atomic E-state index is -0.0756. The Morgan fingerprint density at radius 1 is 0.625 bits per heavy atom. The normalized spacial score (nSPS) is 9.92. The van der Waals surface area contributed by atoms with Gasteiger partial charge in [-0.2, -0.15) is 0 Å². The number of esters is 1. The summed E-state index contributed by atoms with van der Waals surface area (Å²) in [5.74, 6) is -0.0756. The number of carbonyl (C=O) groups excluding carboxylic acids is 1. The fourth-order valence-electron chi connectivity index (χ4n) is 2.78. The van der Waals surface area contributed by atoms with Gasteiger partial charge in [0.1, 0.15) is 0 Å². The monoisotopic (exact) mass is 350 g/mol. The summed E-state index contributed by atoms with van der Waals surface area (Å²) in [6.07, 6.45) is 19.7. The third kappa shape index (κ3) is 23.6. The molecule has 0 rings (SSSR count). The van der Waals surface area contributed by atoms with Gasteiger partial charge in [-0.15, -0.1) is 0 Å². The zero-order valence-electron chi connectivity index (χ0n) is 15.8. The van der Waals surface area contributed by atoms with Crippen molar-refractivity contribution in [3.05, 3.63) is 0 Å². The highest BCUT2D eigenvalue weighted by molar-refractivity contribution is 5.68. The maximum Gasteiger partial charge on any atom is 0.305 e. The molecule has 0 bridgehead atoms. The molecule has 0 aliphatic carbocycles. The maximum atomic E-state index is 10.9. The number of rotatable bonds is 17. The molecule has 5 N–H and O–H groups in total. The van der Waals surface area contributed by atoms with Gasteiger partial charge in [0.2, 0.25) is 0 Å². The van der Waals surface area contributed by atoms with Gasteiger partial charge in [0.05, 0.1) is 7.11 Å². The number of unbranched alkanes of at least 4 members (excludes halogenated alkanes) is 14. The SMILES string of the molecule is COC(=O)CCCCCCCCCCCCCCCCCO.O.O. The molecular formula is C19H42O5. The first-order valence-electron chi connectivity index (χ1n) is 9.49. The molecule has 24 heavy (non-hydrogen) atoms. The molecule has 148 valence electrons. The van der Waals surface area contributed by atoms with Crippen molar-refractivity contribution in [3.8, 4) is 0 Å². The number of aliphatic hydroxyl groups excluding tert-OH is 1. The van der Waals surface area contributed by atoms with Gasteiger partial charge in [-0.05, 0) is 12.8 Å². The van der Waals surface area contributed by atoms with Crippen LogP contribution in [0.5, 0.6) is 0 Å². The molecule has 0 saturated heterocycles. The zero-order valence-corrected chi connectivity index (χ0v) is 15.8. The van der Waals surface area contributed by atoms with E-state index >= 15 is 0 Å². The van der Waals surface area contributed by atoms with Crippen molar-refractivity contribution < 1.29 is 25.6 Å². The van der Waals surface area contributed by atoms with E-state index < -0.39 is 0 Å². The molecule has 5 nitrogen and oxygen atoms in total. The van der Waals surface area contributed by atoms with Gasteiger partial charge in [-0.3, -0.25) is 4.79 Å². The number of carbonyl (C=O) groups is 1. The van der Waals surface area contributed by atoms with E-state index in [1.54, 1.807) is 0 Å². The molecular weight excluding hydrogens is 308 g/mol. The summed E-state index contributed by atoms with van der Waals surface area (Å²) in [7, 11) is 1.46. The Kier molecular flexibility index (Phi) is 28.9. The van der Waals surface area contributed by atoms with Gasteiger partial charge in [0, 0.05) is 13.0 Å². The lowest BCUT2D eigenvalue weighted by Crippen LogP contribution is -1.99. The van der Waals surface area contributed by atoms with E-state index in [9.17, 15) is 4.79 Å². The summed E-state index contributed by atoms with van der Waals surface area (Å²) in [5, 5.41) is 8.68. The van der Waals surface area contributed by atoms with Gasteiger partial charge in [0.25, 0.3) is 0 Å². The first kappa shape index (κ1) is 28.2. The lowest BCUT2D eigenvalue weighted by molar-refractivity contribution is -0.140. The third-order valence-electron chi connectivity index (χ3n) is 4.27. The standard InChI is InChI=1S/C19H38O3.2H2O/c1-22-19(21)17-15-13-11-9-7-5-3-2-4-6-8-10-12-14-16-18-20;;/h20H,2-18H2,1H3;2*1H2. The Labute approximate surface area is 148 Å². The topological polar surface area (TPSA) is 110 Å². The van der Waals surface area contributed by atoms with Crippen LogP contribution in [0.3, 0.4) is 0 Å². The Morgan fingerprint density at radius 2 is 0.917 bits per heavy atom. The second-order valence-electron chi connectivity index (χ2n) is 6.35. The first-order chi connectivity index (χ1) is 10.8. The Hall–Kier alpha value is -0.650. The average molecular weight is 351 g/mol. The van der Waals surface area contributed by atoms with Crippen LogP contribution < -0.4 is 0 Å². The fourth-order valence-corrected chi connectivity index (χ4v) is 2.78. The minimum absolute atomic E-state index is 0. The van der Waals surface area contributed by atoms with Crippen molar-refractivity contribution in [2.45, 2.75) is 103 Å². The second-order valence-corrected chi connectivity index (χ2v) is 6.35. The quantitative estimate of drug-likeness (QED) is 0.318. The lowest BCUT2D eigenvalue weighted by atomic mass is 10.0. The first-order valence-corrected chi connectivity index (χ1v) is 9.49. The van der Waals surface area contributed by atoms with Gasteiger partial charge in [-0.25, -0.2) is 0 Å². The Balaban J connectivity index is -0.00000220. The Bertz CT molecular complexity index is 234. The van der Waals surface area contributed by atoms with Crippen molar-refractivity contribution in [1.29, 1.82) is 0 Å². The summed E-state index contributed by atoms with van der Waals surface area (Å²) in [6, 6.07) is 0. The lowest BCUT2D eigenvalue weighted by Gasteiger charge is -2.03. The number of hydrogen-bond donors (Lipinski definition) is 1. The molecule has 0 heterocycles. The molecule has 0 atom stereocenters. The fraction of sp³-hybridized carbons (Fsp3) is 0.947. The van der Waals surface area contributed by atoms with Crippen LogP contribution in [0.4, 0.5) is 0 Å². The van der Waals surface area contributed by atoms with Crippen molar-refractivity contribution in [2.24, 2.45) is 0 Å². The van der Waals surface area contributed by atoms with E-state index in [1.165, 1.54) is 84.2 Å². The molecule has 0 aromatic rings. The van der Waals surface area contributed by atoms with E-state index in [2.05, 4.69) is 4.74 Å². The number of hydrogen-bond acceptors (Lipinski definition) is 3. The molecule has 0 aromatic carbocycles. The molecule has 0 saturated carbocycles. The molecule has 0 radical (unpaired) electrons. The second kappa shape index (κ2) is 24.6. The maximum absolute atomic E-state index is 10.9. The molecule has 0 fully saturated rings. The van der Waals surface area contributed by atoms with Gasteiger partial charge >= 0.3 is 5.97 Å². The van der Waals surface area contributed by atoms with E-state index in [0.29, 0.717) is 13.0 Å². The van der Waals surface area contributed by atoms with Crippen LogP contribution in [0.25, 0.3) is 0 Å². The predicted molar refractivity (Wildman–Crippen MR) is 100 cm³/mol. The molecule has 0 aromatic heterocycles. The molecule has 5 heteroatoms. The predicted octanol–water partition coefficient (Wildman–Crippen LogP) is 3.74. The summed E-state index contributed by atoms with van der Waals surface area (Å²) in [5.41, 5.74) is 0. The van der Waals surface area contributed by atoms with Gasteiger partial charge in [0.15, 0.2) is 0 Å². The number of ether oxygens (including phenoxy) is 1. The van der Waals surface area contributed by atoms with Crippen LogP contribution in [-0.4, -0.2) is 35.7 Å². The smallest absolute Gasteiger partial charge is 0.305 e. The number of methoxy groups -OCH3 is 1. The highest BCUT2D eigenvalue weighted by Gasteiger charge is 1.99. The molecule has 0 aliphatic rings.